The first kappa shape index (κ1) is 17.3. The number of carboxylic acids is 1. The highest BCUT2D eigenvalue weighted by atomic mass is 19.1. The third kappa shape index (κ3) is 3.48. The Hall–Kier alpha value is -3.03. The molecule has 1 aromatic carbocycles. The molecule has 0 aliphatic carbocycles. The lowest BCUT2D eigenvalue weighted by Crippen LogP contribution is -2.27. The first-order chi connectivity index (χ1) is 11.4. The predicted molar refractivity (Wildman–Crippen MR) is 81.1 cm³/mol. The maximum Gasteiger partial charge on any atom is 0.371 e. The molecule has 0 aliphatic rings. The Bertz CT molecular complexity index is 770. The molecule has 0 fully saturated rings. The lowest BCUT2D eigenvalue weighted by molar-refractivity contribution is 0.0659. The van der Waals surface area contributed by atoms with E-state index < -0.39 is 23.7 Å². The van der Waals surface area contributed by atoms with Gasteiger partial charge in [0.2, 0.25) is 5.76 Å². The van der Waals surface area contributed by atoms with E-state index in [4.69, 9.17) is 19.0 Å². The predicted octanol–water partition coefficient (Wildman–Crippen LogP) is 2.63. The monoisotopic (exact) mass is 337 g/mol. The van der Waals surface area contributed by atoms with Crippen molar-refractivity contribution in [3.63, 3.8) is 0 Å². The van der Waals surface area contributed by atoms with Crippen molar-refractivity contribution in [3.8, 4) is 11.5 Å². The first-order valence-electron chi connectivity index (χ1n) is 6.92. The lowest BCUT2D eigenvalue weighted by atomic mass is 10.1. The van der Waals surface area contributed by atoms with Crippen molar-refractivity contribution in [2.75, 3.05) is 14.2 Å². The SMILES string of the molecule is COc1cc(F)c([C@H](C)NC(=O)c2ccc(C(=O)O)o2)cc1OC. The number of hydrogen-bond acceptors (Lipinski definition) is 5. The minimum atomic E-state index is -1.28. The van der Waals surface area contributed by atoms with Gasteiger partial charge < -0.3 is 24.3 Å². The van der Waals surface area contributed by atoms with Crippen molar-refractivity contribution >= 4 is 11.9 Å². The largest absolute Gasteiger partial charge is 0.493 e. The van der Waals surface area contributed by atoms with Crippen molar-refractivity contribution < 1.29 is 33.0 Å². The van der Waals surface area contributed by atoms with Crippen molar-refractivity contribution in [2.45, 2.75) is 13.0 Å². The summed E-state index contributed by atoms with van der Waals surface area (Å²) in [6, 6.07) is 4.27. The number of amides is 1. The number of benzene rings is 1. The molecule has 7 nitrogen and oxygen atoms in total. The van der Waals surface area contributed by atoms with Gasteiger partial charge in [0.25, 0.3) is 5.91 Å². The molecule has 0 spiro atoms. The average Bonchev–Trinajstić information content (AvgIpc) is 3.04. The molecule has 0 radical (unpaired) electrons. The van der Waals surface area contributed by atoms with Crippen LogP contribution in [0.15, 0.2) is 28.7 Å². The highest BCUT2D eigenvalue weighted by molar-refractivity contribution is 5.93. The maximum absolute atomic E-state index is 14.2. The molecule has 2 rings (SSSR count). The van der Waals surface area contributed by atoms with Crippen LogP contribution in [0.4, 0.5) is 4.39 Å². The van der Waals surface area contributed by atoms with E-state index in [0.717, 1.165) is 6.07 Å². The van der Waals surface area contributed by atoms with Gasteiger partial charge in [-0.2, -0.15) is 0 Å². The zero-order chi connectivity index (χ0) is 17.9. The average molecular weight is 337 g/mol. The van der Waals surface area contributed by atoms with Gasteiger partial charge in [-0.3, -0.25) is 4.79 Å². The number of hydrogen-bond donors (Lipinski definition) is 2. The van der Waals surface area contributed by atoms with E-state index in [0.29, 0.717) is 5.75 Å². The molecule has 24 heavy (non-hydrogen) atoms. The molecule has 0 bridgehead atoms. The van der Waals surface area contributed by atoms with Crippen LogP contribution in [0.3, 0.4) is 0 Å². The Morgan fingerprint density at radius 3 is 2.29 bits per heavy atom. The number of methoxy groups -OCH3 is 2. The Balaban J connectivity index is 2.20. The van der Waals surface area contributed by atoms with Gasteiger partial charge in [0.1, 0.15) is 5.82 Å². The van der Waals surface area contributed by atoms with Gasteiger partial charge in [0.15, 0.2) is 17.3 Å². The molecular weight excluding hydrogens is 321 g/mol. The Kier molecular flexibility index (Phi) is 5.08. The van der Waals surface area contributed by atoms with Crippen LogP contribution in [0.25, 0.3) is 0 Å². The number of ether oxygens (including phenoxy) is 2. The van der Waals surface area contributed by atoms with E-state index >= 15 is 0 Å². The molecule has 0 unspecified atom stereocenters. The first-order valence-corrected chi connectivity index (χ1v) is 6.92. The van der Waals surface area contributed by atoms with E-state index in [9.17, 15) is 14.0 Å². The molecule has 2 aromatic rings. The Morgan fingerprint density at radius 1 is 1.17 bits per heavy atom. The van der Waals surface area contributed by atoms with Gasteiger partial charge in [0, 0.05) is 11.6 Å². The van der Waals surface area contributed by atoms with Crippen molar-refractivity contribution in [1.29, 1.82) is 0 Å². The van der Waals surface area contributed by atoms with Crippen LogP contribution in [0, 0.1) is 5.82 Å². The van der Waals surface area contributed by atoms with E-state index in [-0.39, 0.29) is 22.8 Å². The number of furan rings is 1. The number of halogens is 1. The number of rotatable bonds is 6. The highest BCUT2D eigenvalue weighted by Crippen LogP contribution is 2.32. The normalized spacial score (nSPS) is 11.7. The van der Waals surface area contributed by atoms with E-state index in [1.54, 1.807) is 6.92 Å². The molecule has 1 aromatic heterocycles. The van der Waals surface area contributed by atoms with Crippen LogP contribution in [-0.2, 0) is 0 Å². The Morgan fingerprint density at radius 2 is 1.75 bits per heavy atom. The minimum Gasteiger partial charge on any atom is -0.493 e. The van der Waals surface area contributed by atoms with Crippen molar-refractivity contribution in [3.05, 3.63) is 47.2 Å². The second-order valence-corrected chi connectivity index (χ2v) is 4.89. The molecule has 2 N–H and O–H groups in total. The lowest BCUT2D eigenvalue weighted by Gasteiger charge is -2.17. The van der Waals surface area contributed by atoms with Gasteiger partial charge in [-0.15, -0.1) is 0 Å². The molecular formula is C16H16FNO6. The standard InChI is InChI=1S/C16H16FNO6/c1-8(9-6-13(22-2)14(23-3)7-10(9)17)18-15(19)11-4-5-12(24-11)16(20)21/h4-8H,1-3H3,(H,18,19)(H,20,21)/t8-/m0/s1. The summed E-state index contributed by atoms with van der Waals surface area (Å²) in [6.07, 6.45) is 0. The fraction of sp³-hybridized carbons (Fsp3) is 0.250. The molecule has 1 amide bonds. The summed E-state index contributed by atoms with van der Waals surface area (Å²) >= 11 is 0. The second kappa shape index (κ2) is 7.03. The van der Waals surface area contributed by atoms with Crippen molar-refractivity contribution in [1.82, 2.24) is 5.32 Å². The fourth-order valence-electron chi connectivity index (χ4n) is 2.12. The minimum absolute atomic E-state index is 0.180. The highest BCUT2D eigenvalue weighted by Gasteiger charge is 2.21. The number of carboxylic acid groups (broad SMARTS) is 1. The molecule has 0 saturated heterocycles. The number of carbonyl (C=O) groups excluding carboxylic acids is 1. The second-order valence-electron chi connectivity index (χ2n) is 4.89. The summed E-state index contributed by atoms with van der Waals surface area (Å²) in [5.41, 5.74) is 0.186. The third-order valence-electron chi connectivity index (χ3n) is 3.36. The van der Waals surface area contributed by atoms with Crippen LogP contribution < -0.4 is 14.8 Å². The summed E-state index contributed by atoms with van der Waals surface area (Å²) in [5.74, 6) is -2.51. The summed E-state index contributed by atoms with van der Waals surface area (Å²) in [5, 5.41) is 11.3. The number of carbonyl (C=O) groups is 2. The zero-order valence-electron chi connectivity index (χ0n) is 13.3. The molecule has 1 heterocycles. The van der Waals surface area contributed by atoms with Crippen molar-refractivity contribution in [2.24, 2.45) is 0 Å². The quantitative estimate of drug-likeness (QED) is 0.841. The van der Waals surface area contributed by atoms with E-state index in [1.807, 2.05) is 0 Å². The summed E-state index contributed by atoms with van der Waals surface area (Å²) in [6.45, 7) is 1.57. The van der Waals surface area contributed by atoms with E-state index in [1.165, 1.54) is 32.4 Å². The summed E-state index contributed by atoms with van der Waals surface area (Å²) < 4.78 is 29.2. The molecule has 128 valence electrons. The summed E-state index contributed by atoms with van der Waals surface area (Å²) in [7, 11) is 2.80. The number of nitrogens with one attached hydrogen (secondary N) is 1. The van der Waals surface area contributed by atoms with Gasteiger partial charge in [-0.25, -0.2) is 9.18 Å². The maximum atomic E-state index is 14.2. The van der Waals surface area contributed by atoms with Gasteiger partial charge in [-0.1, -0.05) is 0 Å². The molecule has 0 aliphatic heterocycles. The molecule has 0 saturated carbocycles. The summed E-state index contributed by atoms with van der Waals surface area (Å²) in [4.78, 5) is 22.8. The fourth-order valence-corrected chi connectivity index (χ4v) is 2.12. The van der Waals surface area contributed by atoms with Gasteiger partial charge >= 0.3 is 5.97 Å². The third-order valence-corrected chi connectivity index (χ3v) is 3.36. The Labute approximate surface area is 137 Å². The van der Waals surface area contributed by atoms with Crippen LogP contribution >= 0.6 is 0 Å². The number of aromatic carboxylic acids is 1. The molecule has 1 atom stereocenters. The smallest absolute Gasteiger partial charge is 0.371 e. The molecule has 8 heteroatoms. The van der Waals surface area contributed by atoms with Crippen LogP contribution in [0.1, 0.15) is 39.6 Å². The van der Waals surface area contributed by atoms with Gasteiger partial charge in [-0.05, 0) is 25.1 Å². The van der Waals surface area contributed by atoms with Crippen LogP contribution in [0.2, 0.25) is 0 Å². The van der Waals surface area contributed by atoms with Crippen LogP contribution in [0.5, 0.6) is 11.5 Å². The van der Waals surface area contributed by atoms with Gasteiger partial charge in [0.05, 0.1) is 20.3 Å². The topological polar surface area (TPSA) is 98.0 Å². The van der Waals surface area contributed by atoms with Crippen LogP contribution in [-0.4, -0.2) is 31.2 Å². The van der Waals surface area contributed by atoms with E-state index in [2.05, 4.69) is 5.32 Å². The zero-order valence-corrected chi connectivity index (χ0v) is 13.3.